The Morgan fingerprint density at radius 3 is 2.56 bits per heavy atom. The van der Waals surface area contributed by atoms with Crippen LogP contribution in [-0.4, -0.2) is 62.5 Å². The Balaban J connectivity index is 2.58. The third-order valence-corrected chi connectivity index (χ3v) is 5.41. The summed E-state index contributed by atoms with van der Waals surface area (Å²) < 4.78 is 24.3. The van der Waals surface area contributed by atoms with Crippen molar-refractivity contribution in [1.29, 1.82) is 0 Å². The Kier molecular flexibility index (Phi) is 4.74. The van der Waals surface area contributed by atoms with Crippen LogP contribution in [0.15, 0.2) is 0 Å². The van der Waals surface area contributed by atoms with Crippen molar-refractivity contribution in [2.75, 3.05) is 39.0 Å². The maximum Gasteiger partial charge on any atom is 0.237 e. The van der Waals surface area contributed by atoms with Gasteiger partial charge in [-0.1, -0.05) is 6.92 Å². The Labute approximate surface area is 109 Å². The van der Waals surface area contributed by atoms with Crippen molar-refractivity contribution in [3.05, 3.63) is 0 Å². The Morgan fingerprint density at radius 2 is 2.11 bits per heavy atom. The molecule has 0 aromatic carbocycles. The van der Waals surface area contributed by atoms with Crippen molar-refractivity contribution in [1.82, 2.24) is 9.21 Å². The number of carbonyl (C=O) groups is 1. The number of hydrogen-bond acceptors (Lipinski definition) is 4. The van der Waals surface area contributed by atoms with E-state index in [1.165, 1.54) is 7.05 Å². The summed E-state index contributed by atoms with van der Waals surface area (Å²) in [5.41, 5.74) is 5.65. The molecule has 0 spiro atoms. The highest BCUT2D eigenvalue weighted by Crippen LogP contribution is 2.28. The molecule has 7 heteroatoms. The normalized spacial score (nSPS) is 24.8. The number of likely N-dealkylation sites (N-methyl/N-ethyl adjacent to an activating group) is 1. The molecule has 0 aromatic rings. The summed E-state index contributed by atoms with van der Waals surface area (Å²) in [6, 6.07) is 0. The molecule has 2 N–H and O–H groups in total. The molecule has 1 saturated heterocycles. The number of nitrogens with two attached hydrogens (primary N) is 1. The number of likely N-dealkylation sites (tertiary alicyclic amines) is 1. The highest BCUT2D eigenvalue weighted by molar-refractivity contribution is 7.89. The molecule has 1 amide bonds. The lowest BCUT2D eigenvalue weighted by atomic mass is 9.90. The van der Waals surface area contributed by atoms with E-state index in [1.54, 1.807) is 11.8 Å². The van der Waals surface area contributed by atoms with Crippen molar-refractivity contribution in [3.63, 3.8) is 0 Å². The van der Waals surface area contributed by atoms with Crippen LogP contribution in [0.1, 0.15) is 20.3 Å². The Bertz CT molecular complexity index is 410. The molecule has 1 fully saturated rings. The first-order valence-electron chi connectivity index (χ1n) is 6.16. The topological polar surface area (TPSA) is 83.7 Å². The van der Waals surface area contributed by atoms with Crippen LogP contribution >= 0.6 is 0 Å². The largest absolute Gasteiger partial charge is 0.341 e. The van der Waals surface area contributed by atoms with Crippen LogP contribution in [0.3, 0.4) is 0 Å². The summed E-state index contributed by atoms with van der Waals surface area (Å²) in [5.74, 6) is -0.135. The molecule has 6 nitrogen and oxygen atoms in total. The average Bonchev–Trinajstić information content (AvgIpc) is 2.72. The highest BCUT2D eigenvalue weighted by atomic mass is 32.2. The fourth-order valence-electron chi connectivity index (χ4n) is 2.01. The van der Waals surface area contributed by atoms with E-state index in [4.69, 9.17) is 5.73 Å². The second-order valence-corrected chi connectivity index (χ2v) is 7.60. The lowest BCUT2D eigenvalue weighted by Crippen LogP contribution is -2.42. The van der Waals surface area contributed by atoms with Gasteiger partial charge in [0.2, 0.25) is 15.9 Å². The summed E-state index contributed by atoms with van der Waals surface area (Å²) in [4.78, 5) is 13.7. The fourth-order valence-corrected chi connectivity index (χ4v) is 2.76. The van der Waals surface area contributed by atoms with E-state index in [2.05, 4.69) is 0 Å². The highest BCUT2D eigenvalue weighted by Gasteiger charge is 2.35. The summed E-state index contributed by atoms with van der Waals surface area (Å²) >= 11 is 0. The molecule has 1 atom stereocenters. The van der Waals surface area contributed by atoms with Gasteiger partial charge in [-0.05, 0) is 25.3 Å². The molecule has 1 heterocycles. The van der Waals surface area contributed by atoms with Crippen molar-refractivity contribution < 1.29 is 13.2 Å². The van der Waals surface area contributed by atoms with Crippen LogP contribution in [0.25, 0.3) is 0 Å². The Hall–Kier alpha value is -0.660. The van der Waals surface area contributed by atoms with Crippen molar-refractivity contribution in [3.8, 4) is 0 Å². The minimum absolute atomic E-state index is 0.0112. The molecule has 0 radical (unpaired) electrons. The van der Waals surface area contributed by atoms with Gasteiger partial charge >= 0.3 is 0 Å². The first kappa shape index (κ1) is 15.4. The predicted octanol–water partition coefficient (Wildman–Crippen LogP) is -0.535. The maximum atomic E-state index is 12.0. The molecule has 0 aromatic heterocycles. The molecule has 106 valence electrons. The van der Waals surface area contributed by atoms with E-state index in [1.807, 2.05) is 6.92 Å². The molecular formula is C11H23N3O3S. The molecular weight excluding hydrogens is 254 g/mol. The van der Waals surface area contributed by atoms with Crippen LogP contribution in [0.4, 0.5) is 0 Å². The van der Waals surface area contributed by atoms with Gasteiger partial charge in [-0.3, -0.25) is 4.79 Å². The van der Waals surface area contributed by atoms with Gasteiger partial charge in [0, 0.05) is 20.1 Å². The predicted molar refractivity (Wildman–Crippen MR) is 70.4 cm³/mol. The second kappa shape index (κ2) is 5.54. The lowest BCUT2D eigenvalue weighted by molar-refractivity contribution is -0.130. The molecule has 1 unspecified atom stereocenters. The zero-order chi connectivity index (χ0) is 14.0. The SMILES string of the molecule is CCS(=O)(=O)N(C)CC(=O)N1CCC(C)(CN)C1. The average molecular weight is 277 g/mol. The fraction of sp³-hybridized carbons (Fsp3) is 0.909. The summed E-state index contributed by atoms with van der Waals surface area (Å²) in [6.07, 6.45) is 0.874. The van der Waals surface area contributed by atoms with Gasteiger partial charge in [-0.25, -0.2) is 8.42 Å². The van der Waals surface area contributed by atoms with Crippen LogP contribution in [-0.2, 0) is 14.8 Å². The van der Waals surface area contributed by atoms with E-state index >= 15 is 0 Å². The van der Waals surface area contributed by atoms with E-state index in [0.717, 1.165) is 10.7 Å². The monoisotopic (exact) mass is 277 g/mol. The van der Waals surface area contributed by atoms with E-state index in [-0.39, 0.29) is 23.6 Å². The van der Waals surface area contributed by atoms with Gasteiger partial charge < -0.3 is 10.6 Å². The quantitative estimate of drug-likeness (QED) is 0.732. The van der Waals surface area contributed by atoms with Crippen LogP contribution in [0.5, 0.6) is 0 Å². The number of nitrogens with zero attached hydrogens (tertiary/aromatic N) is 2. The smallest absolute Gasteiger partial charge is 0.237 e. The number of rotatable bonds is 5. The van der Waals surface area contributed by atoms with E-state index in [0.29, 0.717) is 19.6 Å². The van der Waals surface area contributed by atoms with Gasteiger partial charge in [0.1, 0.15) is 0 Å². The molecule has 1 aliphatic heterocycles. The molecule has 18 heavy (non-hydrogen) atoms. The first-order chi connectivity index (χ1) is 8.24. The first-order valence-corrected chi connectivity index (χ1v) is 7.77. The number of hydrogen-bond donors (Lipinski definition) is 1. The minimum Gasteiger partial charge on any atom is -0.341 e. The van der Waals surface area contributed by atoms with Crippen LogP contribution < -0.4 is 5.73 Å². The zero-order valence-electron chi connectivity index (χ0n) is 11.3. The van der Waals surface area contributed by atoms with E-state index in [9.17, 15) is 13.2 Å². The minimum atomic E-state index is -3.30. The summed E-state index contributed by atoms with van der Waals surface area (Å²) in [7, 11) is -1.86. The standard InChI is InChI=1S/C11H23N3O3S/c1-4-18(16,17)13(3)7-10(15)14-6-5-11(2,8-12)9-14/h4-9,12H2,1-3H3. The van der Waals surface area contributed by atoms with Gasteiger partial charge in [-0.15, -0.1) is 0 Å². The molecule has 0 bridgehead atoms. The molecule has 1 aliphatic rings. The van der Waals surface area contributed by atoms with Crippen molar-refractivity contribution >= 4 is 15.9 Å². The second-order valence-electron chi connectivity index (χ2n) is 5.24. The van der Waals surface area contributed by atoms with Crippen LogP contribution in [0.2, 0.25) is 0 Å². The van der Waals surface area contributed by atoms with Gasteiger partial charge in [0.25, 0.3) is 0 Å². The summed E-state index contributed by atoms with van der Waals surface area (Å²) in [5, 5.41) is 0. The third kappa shape index (κ3) is 3.43. The van der Waals surface area contributed by atoms with Gasteiger partial charge in [-0.2, -0.15) is 4.31 Å². The number of sulfonamides is 1. The molecule has 1 rings (SSSR count). The number of amides is 1. The van der Waals surface area contributed by atoms with Gasteiger partial charge in [0.05, 0.1) is 12.3 Å². The Morgan fingerprint density at radius 1 is 1.50 bits per heavy atom. The van der Waals surface area contributed by atoms with Crippen molar-refractivity contribution in [2.24, 2.45) is 11.1 Å². The third-order valence-electron chi connectivity index (χ3n) is 3.60. The molecule has 0 saturated carbocycles. The van der Waals surface area contributed by atoms with Gasteiger partial charge in [0.15, 0.2) is 0 Å². The number of carbonyl (C=O) groups excluding carboxylic acids is 1. The van der Waals surface area contributed by atoms with Crippen LogP contribution in [0, 0.1) is 5.41 Å². The lowest BCUT2D eigenvalue weighted by Gasteiger charge is -2.24. The maximum absolute atomic E-state index is 12.0. The zero-order valence-corrected chi connectivity index (χ0v) is 12.2. The van der Waals surface area contributed by atoms with Crippen molar-refractivity contribution in [2.45, 2.75) is 20.3 Å². The molecule has 0 aliphatic carbocycles. The van der Waals surface area contributed by atoms with E-state index < -0.39 is 10.0 Å². The summed E-state index contributed by atoms with van der Waals surface area (Å²) in [6.45, 7) is 5.34.